The summed E-state index contributed by atoms with van der Waals surface area (Å²) in [6.45, 7) is 2.02. The molecule has 0 aliphatic carbocycles. The fourth-order valence-corrected chi connectivity index (χ4v) is 2.69. The van der Waals surface area contributed by atoms with Crippen molar-refractivity contribution in [3.05, 3.63) is 56.9 Å². The number of rotatable bonds is 2. The number of carbonyl (C=O) groups is 1. The Morgan fingerprint density at radius 2 is 1.86 bits per heavy atom. The Kier molecular flexibility index (Phi) is 2.67. The number of carbonyl (C=O) groups excluding carboxylic acids is 1. The maximum absolute atomic E-state index is 11.9. The molecule has 0 aliphatic rings. The van der Waals surface area contributed by atoms with Crippen LogP contribution in [0.25, 0.3) is 0 Å². The molecule has 0 radical (unpaired) electrons. The van der Waals surface area contributed by atoms with Gasteiger partial charge in [-0.05, 0) is 0 Å². The summed E-state index contributed by atoms with van der Waals surface area (Å²) in [6, 6.07) is 11.6. The van der Waals surface area contributed by atoms with Crippen LogP contribution in [0.4, 0.5) is 0 Å². The Hall–Kier alpha value is -1.11. The van der Waals surface area contributed by atoms with Crippen LogP contribution in [0.3, 0.4) is 0 Å². The Morgan fingerprint density at radius 3 is 2.43 bits per heavy atom. The fourth-order valence-electron chi connectivity index (χ4n) is 1.25. The van der Waals surface area contributed by atoms with Gasteiger partial charge in [0, 0.05) is 0 Å². The van der Waals surface area contributed by atoms with Crippen molar-refractivity contribution in [3.8, 4) is 0 Å². The zero-order valence-corrected chi connectivity index (χ0v) is 9.57. The van der Waals surface area contributed by atoms with Crippen LogP contribution in [0.1, 0.15) is 20.4 Å². The topological polar surface area (TPSA) is 17.1 Å². The molecule has 1 aromatic carbocycles. The summed E-state index contributed by atoms with van der Waals surface area (Å²) in [5, 5.41) is 0. The second kappa shape index (κ2) is 3.95. The second-order valence-corrected chi connectivity index (χ2v) is 5.16. The molecule has 2 rings (SSSR count). The van der Waals surface area contributed by atoms with E-state index in [1.165, 1.54) is 5.56 Å². The third-order valence-electron chi connectivity index (χ3n) is 2.06. The van der Waals surface area contributed by atoms with Gasteiger partial charge < -0.3 is 0 Å². The summed E-state index contributed by atoms with van der Waals surface area (Å²) in [5.74, 6) is 0.176. The number of ketones is 1. The summed E-state index contributed by atoms with van der Waals surface area (Å²) >= 11 is 0.238. The maximum atomic E-state index is 11.9. The molecular formula is C12H10OSe. The first-order valence-electron chi connectivity index (χ1n) is 4.42. The number of hydrogen-bond acceptors (Lipinski definition) is 1. The molecule has 1 nitrogen and oxygen atoms in total. The van der Waals surface area contributed by atoms with Gasteiger partial charge in [-0.25, -0.2) is 0 Å². The molecule has 2 heteroatoms. The van der Waals surface area contributed by atoms with E-state index in [2.05, 4.69) is 4.94 Å². The van der Waals surface area contributed by atoms with Crippen LogP contribution in [0.2, 0.25) is 0 Å². The molecule has 2 aromatic rings. The summed E-state index contributed by atoms with van der Waals surface area (Å²) in [4.78, 5) is 13.9. The van der Waals surface area contributed by atoms with Crippen LogP contribution in [0, 0.1) is 6.92 Å². The molecule has 0 unspecified atom stereocenters. The molecule has 0 saturated heterocycles. The molecule has 0 fully saturated rings. The van der Waals surface area contributed by atoms with Gasteiger partial charge in [-0.2, -0.15) is 0 Å². The fraction of sp³-hybridized carbons (Fsp3) is 0.0833. The molecule has 0 aliphatic heterocycles. The average molecular weight is 249 g/mol. The Bertz CT molecular complexity index is 426. The molecule has 1 aromatic heterocycles. The number of benzene rings is 1. The molecule has 0 atom stereocenters. The van der Waals surface area contributed by atoms with Gasteiger partial charge in [-0.3, -0.25) is 0 Å². The van der Waals surface area contributed by atoms with Crippen LogP contribution in [0.15, 0.2) is 41.3 Å². The van der Waals surface area contributed by atoms with E-state index in [1.807, 2.05) is 43.3 Å². The molecule has 0 N–H and O–H groups in total. The molecule has 14 heavy (non-hydrogen) atoms. The van der Waals surface area contributed by atoms with Crippen molar-refractivity contribution in [2.75, 3.05) is 0 Å². The van der Waals surface area contributed by atoms with Crippen molar-refractivity contribution in [1.29, 1.82) is 0 Å². The molecular weight excluding hydrogens is 239 g/mol. The minimum absolute atomic E-state index is 0.176. The van der Waals surface area contributed by atoms with E-state index in [1.54, 1.807) is 0 Å². The van der Waals surface area contributed by atoms with E-state index in [-0.39, 0.29) is 20.3 Å². The van der Waals surface area contributed by atoms with E-state index < -0.39 is 0 Å². The van der Waals surface area contributed by atoms with E-state index in [0.29, 0.717) is 0 Å². The first kappa shape index (κ1) is 9.44. The zero-order valence-electron chi connectivity index (χ0n) is 7.86. The van der Waals surface area contributed by atoms with Gasteiger partial charge in [-0.1, -0.05) is 0 Å². The minimum atomic E-state index is 0.176. The second-order valence-electron chi connectivity index (χ2n) is 3.17. The van der Waals surface area contributed by atoms with Crippen molar-refractivity contribution in [3.63, 3.8) is 0 Å². The zero-order chi connectivity index (χ0) is 9.97. The van der Waals surface area contributed by atoms with Crippen LogP contribution in [-0.4, -0.2) is 20.3 Å². The van der Waals surface area contributed by atoms with Gasteiger partial charge in [0.2, 0.25) is 0 Å². The summed E-state index contributed by atoms with van der Waals surface area (Å²) in [7, 11) is 0. The quantitative estimate of drug-likeness (QED) is 0.589. The molecule has 0 saturated carbocycles. The Morgan fingerprint density at radius 1 is 1.14 bits per heavy atom. The van der Waals surface area contributed by atoms with E-state index in [9.17, 15) is 4.79 Å². The molecule has 0 spiro atoms. The first-order valence-corrected chi connectivity index (χ1v) is 6.27. The van der Waals surface area contributed by atoms with Crippen molar-refractivity contribution in [1.82, 2.24) is 0 Å². The van der Waals surface area contributed by atoms with E-state index in [0.717, 1.165) is 10.0 Å². The van der Waals surface area contributed by atoms with Crippen molar-refractivity contribution in [2.45, 2.75) is 6.92 Å². The van der Waals surface area contributed by atoms with Crippen LogP contribution in [-0.2, 0) is 0 Å². The van der Waals surface area contributed by atoms with Gasteiger partial charge in [0.05, 0.1) is 0 Å². The number of aryl methyl sites for hydroxylation is 1. The van der Waals surface area contributed by atoms with Crippen LogP contribution < -0.4 is 0 Å². The molecule has 1 heterocycles. The van der Waals surface area contributed by atoms with E-state index >= 15 is 0 Å². The van der Waals surface area contributed by atoms with E-state index in [4.69, 9.17) is 0 Å². The molecule has 0 amide bonds. The van der Waals surface area contributed by atoms with Crippen LogP contribution in [0.5, 0.6) is 0 Å². The van der Waals surface area contributed by atoms with Crippen molar-refractivity contribution < 1.29 is 4.79 Å². The first-order chi connectivity index (χ1) is 6.77. The van der Waals surface area contributed by atoms with Gasteiger partial charge >= 0.3 is 88.9 Å². The predicted octanol–water partition coefficient (Wildman–Crippen LogP) is 2.28. The van der Waals surface area contributed by atoms with Gasteiger partial charge in [0.15, 0.2) is 0 Å². The van der Waals surface area contributed by atoms with Gasteiger partial charge in [-0.15, -0.1) is 0 Å². The average Bonchev–Trinajstić information content (AvgIpc) is 2.71. The van der Waals surface area contributed by atoms with Crippen LogP contribution >= 0.6 is 0 Å². The monoisotopic (exact) mass is 250 g/mol. The third-order valence-corrected chi connectivity index (χ3v) is 3.88. The summed E-state index contributed by atoms with van der Waals surface area (Å²) in [6.07, 6.45) is 0. The normalized spacial score (nSPS) is 10.1. The Balaban J connectivity index is 2.33. The van der Waals surface area contributed by atoms with Crippen molar-refractivity contribution >= 4 is 20.3 Å². The predicted molar refractivity (Wildman–Crippen MR) is 58.0 cm³/mol. The van der Waals surface area contributed by atoms with Gasteiger partial charge in [0.25, 0.3) is 0 Å². The van der Waals surface area contributed by atoms with Crippen molar-refractivity contribution in [2.24, 2.45) is 0 Å². The third kappa shape index (κ3) is 1.87. The SMILES string of the molecule is Cc1ccc(C(=O)c2ccc[se]2)cc1. The standard InChI is InChI=1S/C12H10OSe/c1-9-4-6-10(7-5-9)12(13)11-3-2-8-14-11/h2-8H,1H3. The summed E-state index contributed by atoms with van der Waals surface area (Å²) in [5.41, 5.74) is 1.98. The molecule has 70 valence electrons. The molecule has 0 bridgehead atoms. The van der Waals surface area contributed by atoms with Gasteiger partial charge in [0.1, 0.15) is 0 Å². The summed E-state index contributed by atoms with van der Waals surface area (Å²) < 4.78 is 0.946. The Labute approximate surface area is 89.1 Å². The number of hydrogen-bond donors (Lipinski definition) is 0.